The number of rotatable bonds is 6. The van der Waals surface area contributed by atoms with Gasteiger partial charge in [-0.1, -0.05) is 49.6 Å². The van der Waals surface area contributed by atoms with E-state index in [2.05, 4.69) is 4.90 Å². The van der Waals surface area contributed by atoms with Gasteiger partial charge in [0.25, 0.3) is 0 Å². The zero-order valence-corrected chi connectivity index (χ0v) is 11.4. The maximum Gasteiger partial charge on any atom is 0.176 e. The minimum Gasteiger partial charge on any atom is -0.395 e. The van der Waals surface area contributed by atoms with E-state index in [1.807, 2.05) is 30.3 Å². The summed E-state index contributed by atoms with van der Waals surface area (Å²) in [4.78, 5) is 14.4. The van der Waals surface area contributed by atoms with Crippen molar-refractivity contribution in [1.29, 1.82) is 0 Å². The highest BCUT2D eigenvalue weighted by Gasteiger charge is 2.22. The first-order chi connectivity index (χ1) is 9.31. The zero-order chi connectivity index (χ0) is 13.5. The number of nitrogens with zero attached hydrogens (tertiary/aromatic N) is 1. The summed E-state index contributed by atoms with van der Waals surface area (Å²) < 4.78 is 0. The van der Waals surface area contributed by atoms with Gasteiger partial charge in [-0.2, -0.15) is 0 Å². The van der Waals surface area contributed by atoms with Gasteiger partial charge in [0.15, 0.2) is 5.78 Å². The Morgan fingerprint density at radius 2 is 1.84 bits per heavy atom. The molecule has 1 aromatic carbocycles. The van der Waals surface area contributed by atoms with Crippen LogP contribution in [0.25, 0.3) is 0 Å². The number of Topliss-reactive ketones (excluding diaryl/α,β-unsaturated/α-hetero) is 1. The third-order valence-electron chi connectivity index (χ3n) is 3.92. The van der Waals surface area contributed by atoms with Crippen LogP contribution in [-0.4, -0.2) is 41.5 Å². The molecule has 1 aliphatic carbocycles. The second-order valence-corrected chi connectivity index (χ2v) is 5.28. The van der Waals surface area contributed by atoms with E-state index in [9.17, 15) is 9.90 Å². The number of aliphatic hydroxyl groups excluding tert-OH is 1. The van der Waals surface area contributed by atoms with Crippen LogP contribution in [0, 0.1) is 0 Å². The second-order valence-electron chi connectivity index (χ2n) is 5.28. The maximum absolute atomic E-state index is 12.2. The van der Waals surface area contributed by atoms with Crippen LogP contribution in [0.5, 0.6) is 0 Å². The molecule has 0 aliphatic heterocycles. The summed E-state index contributed by atoms with van der Waals surface area (Å²) in [6, 6.07) is 9.90. The molecule has 19 heavy (non-hydrogen) atoms. The van der Waals surface area contributed by atoms with Crippen LogP contribution >= 0.6 is 0 Å². The van der Waals surface area contributed by atoms with E-state index in [-0.39, 0.29) is 12.4 Å². The Hall–Kier alpha value is -1.19. The standard InChI is InChI=1S/C16H23NO2/c18-12-11-17(15-9-5-2-6-10-15)13-16(19)14-7-3-1-4-8-14/h1,3-4,7-8,15,18H,2,5-6,9-13H2. The molecule has 0 bridgehead atoms. The Balaban J connectivity index is 1.97. The van der Waals surface area contributed by atoms with Crippen molar-refractivity contribution in [2.24, 2.45) is 0 Å². The summed E-state index contributed by atoms with van der Waals surface area (Å²) in [5.41, 5.74) is 0.765. The molecule has 0 atom stereocenters. The van der Waals surface area contributed by atoms with E-state index >= 15 is 0 Å². The van der Waals surface area contributed by atoms with Gasteiger partial charge in [-0.25, -0.2) is 0 Å². The lowest BCUT2D eigenvalue weighted by atomic mass is 9.94. The predicted molar refractivity (Wildman–Crippen MR) is 76.3 cm³/mol. The quantitative estimate of drug-likeness (QED) is 0.800. The zero-order valence-electron chi connectivity index (χ0n) is 11.4. The van der Waals surface area contributed by atoms with Crippen molar-refractivity contribution in [3.63, 3.8) is 0 Å². The summed E-state index contributed by atoms with van der Waals surface area (Å²) in [5.74, 6) is 0.152. The summed E-state index contributed by atoms with van der Waals surface area (Å²) in [5, 5.41) is 9.20. The number of hydrogen-bond donors (Lipinski definition) is 1. The Kier molecular flexibility index (Phi) is 5.55. The monoisotopic (exact) mass is 261 g/mol. The fourth-order valence-electron chi connectivity index (χ4n) is 2.87. The van der Waals surface area contributed by atoms with Crippen molar-refractivity contribution in [2.75, 3.05) is 19.7 Å². The molecule has 1 N–H and O–H groups in total. The smallest absolute Gasteiger partial charge is 0.176 e. The second kappa shape index (κ2) is 7.41. The van der Waals surface area contributed by atoms with E-state index in [1.165, 1.54) is 19.3 Å². The molecule has 2 rings (SSSR count). The SMILES string of the molecule is O=C(CN(CCO)C1CCCCC1)c1ccccc1. The van der Waals surface area contributed by atoms with Gasteiger partial charge in [-0.3, -0.25) is 9.69 Å². The largest absolute Gasteiger partial charge is 0.395 e. The molecule has 0 aromatic heterocycles. The molecule has 0 heterocycles. The molecule has 0 spiro atoms. The first-order valence-electron chi connectivity index (χ1n) is 7.24. The molecule has 3 heteroatoms. The number of ketones is 1. The molecule has 1 fully saturated rings. The van der Waals surface area contributed by atoms with E-state index in [0.29, 0.717) is 19.1 Å². The first kappa shape index (κ1) is 14.2. The van der Waals surface area contributed by atoms with Gasteiger partial charge in [-0.05, 0) is 12.8 Å². The molecule has 1 aromatic rings. The third kappa shape index (κ3) is 4.15. The molecular formula is C16H23NO2. The summed E-state index contributed by atoms with van der Waals surface area (Å²) in [6.45, 7) is 1.15. The molecule has 0 radical (unpaired) electrons. The summed E-state index contributed by atoms with van der Waals surface area (Å²) >= 11 is 0. The Labute approximate surface area is 115 Å². The number of hydrogen-bond acceptors (Lipinski definition) is 3. The predicted octanol–water partition coefficient (Wildman–Crippen LogP) is 2.50. The van der Waals surface area contributed by atoms with Crippen LogP contribution in [0.15, 0.2) is 30.3 Å². The average molecular weight is 261 g/mol. The molecule has 104 valence electrons. The Morgan fingerprint density at radius 1 is 1.16 bits per heavy atom. The lowest BCUT2D eigenvalue weighted by Crippen LogP contribution is -2.41. The fourth-order valence-corrected chi connectivity index (χ4v) is 2.87. The molecule has 3 nitrogen and oxygen atoms in total. The number of benzene rings is 1. The highest BCUT2D eigenvalue weighted by molar-refractivity contribution is 5.97. The van der Waals surface area contributed by atoms with Crippen molar-refractivity contribution >= 4 is 5.78 Å². The van der Waals surface area contributed by atoms with Gasteiger partial charge in [0.1, 0.15) is 0 Å². The van der Waals surface area contributed by atoms with Crippen LogP contribution in [0.2, 0.25) is 0 Å². The van der Waals surface area contributed by atoms with Gasteiger partial charge >= 0.3 is 0 Å². The van der Waals surface area contributed by atoms with E-state index < -0.39 is 0 Å². The highest BCUT2D eigenvalue weighted by atomic mass is 16.3. The van der Waals surface area contributed by atoms with E-state index in [0.717, 1.165) is 18.4 Å². The molecule has 0 unspecified atom stereocenters. The average Bonchev–Trinajstić information content (AvgIpc) is 2.48. The fraction of sp³-hybridized carbons (Fsp3) is 0.562. The lowest BCUT2D eigenvalue weighted by Gasteiger charge is -2.33. The summed E-state index contributed by atoms with van der Waals surface area (Å²) in [7, 11) is 0. The van der Waals surface area contributed by atoms with Crippen LogP contribution in [0.1, 0.15) is 42.5 Å². The third-order valence-corrected chi connectivity index (χ3v) is 3.92. The molecule has 1 aliphatic rings. The normalized spacial score (nSPS) is 16.7. The van der Waals surface area contributed by atoms with Crippen LogP contribution in [-0.2, 0) is 0 Å². The van der Waals surface area contributed by atoms with Crippen molar-refractivity contribution in [3.8, 4) is 0 Å². The molecular weight excluding hydrogens is 238 g/mol. The van der Waals surface area contributed by atoms with Crippen molar-refractivity contribution in [2.45, 2.75) is 38.1 Å². The Morgan fingerprint density at radius 3 is 2.47 bits per heavy atom. The topological polar surface area (TPSA) is 40.5 Å². The Bertz CT molecular complexity index is 385. The summed E-state index contributed by atoms with van der Waals surface area (Å²) in [6.07, 6.45) is 6.10. The van der Waals surface area contributed by atoms with Gasteiger partial charge in [-0.15, -0.1) is 0 Å². The minimum absolute atomic E-state index is 0.124. The van der Waals surface area contributed by atoms with Crippen molar-refractivity contribution < 1.29 is 9.90 Å². The van der Waals surface area contributed by atoms with Gasteiger partial charge in [0.05, 0.1) is 13.2 Å². The van der Waals surface area contributed by atoms with Crippen LogP contribution < -0.4 is 0 Å². The molecule has 1 saturated carbocycles. The van der Waals surface area contributed by atoms with Gasteiger partial charge < -0.3 is 5.11 Å². The van der Waals surface area contributed by atoms with Gasteiger partial charge in [0.2, 0.25) is 0 Å². The van der Waals surface area contributed by atoms with E-state index in [1.54, 1.807) is 0 Å². The highest BCUT2D eigenvalue weighted by Crippen LogP contribution is 2.22. The number of carbonyl (C=O) groups is 1. The van der Waals surface area contributed by atoms with Crippen LogP contribution in [0.3, 0.4) is 0 Å². The van der Waals surface area contributed by atoms with Gasteiger partial charge in [0, 0.05) is 18.2 Å². The van der Waals surface area contributed by atoms with Crippen molar-refractivity contribution in [3.05, 3.63) is 35.9 Å². The molecule has 0 amide bonds. The minimum atomic E-state index is 0.124. The first-order valence-corrected chi connectivity index (χ1v) is 7.24. The lowest BCUT2D eigenvalue weighted by molar-refractivity contribution is 0.0814. The van der Waals surface area contributed by atoms with Crippen LogP contribution in [0.4, 0.5) is 0 Å². The van der Waals surface area contributed by atoms with Crippen molar-refractivity contribution in [1.82, 2.24) is 4.90 Å². The molecule has 0 saturated heterocycles. The van der Waals surface area contributed by atoms with E-state index in [4.69, 9.17) is 0 Å². The number of aliphatic hydroxyl groups is 1. The number of carbonyl (C=O) groups excluding carboxylic acids is 1. The maximum atomic E-state index is 12.2.